The molecule has 0 aliphatic rings. The van der Waals surface area contributed by atoms with Crippen LogP contribution in [0.1, 0.15) is 21.5 Å². The minimum absolute atomic E-state index is 0.149. The van der Waals surface area contributed by atoms with E-state index < -0.39 is 0 Å². The molecule has 2 heterocycles. The lowest BCUT2D eigenvalue weighted by Gasteiger charge is -2.12. The Morgan fingerprint density at radius 1 is 1.24 bits per heavy atom. The summed E-state index contributed by atoms with van der Waals surface area (Å²) >= 11 is 7.43. The second kappa shape index (κ2) is 5.42. The summed E-state index contributed by atoms with van der Waals surface area (Å²) in [7, 11) is 0. The van der Waals surface area contributed by atoms with E-state index in [2.05, 4.69) is 9.97 Å². The summed E-state index contributed by atoms with van der Waals surface area (Å²) in [6, 6.07) is 5.43. The molecule has 0 saturated carbocycles. The van der Waals surface area contributed by atoms with Gasteiger partial charge >= 0.3 is 0 Å². The van der Waals surface area contributed by atoms with E-state index in [9.17, 15) is 4.79 Å². The topological polar surface area (TPSA) is 52.1 Å². The largest absolute Gasteiger partial charge is 0.437 e. The number of aromatic nitrogens is 2. The number of hydrogen-bond donors (Lipinski definition) is 0. The number of aryl methyl sites for hydroxylation is 2. The number of ether oxygens (including phenoxy) is 1. The number of thiophene rings is 1. The number of nitrogens with zero attached hydrogens (tertiary/aromatic N) is 2. The van der Waals surface area contributed by atoms with Crippen molar-refractivity contribution in [3.05, 3.63) is 45.6 Å². The van der Waals surface area contributed by atoms with Gasteiger partial charge < -0.3 is 4.74 Å². The van der Waals surface area contributed by atoms with Crippen molar-refractivity contribution in [3.8, 4) is 11.6 Å². The van der Waals surface area contributed by atoms with Crippen LogP contribution in [0.4, 0.5) is 0 Å². The Kier molecular flexibility index (Phi) is 3.61. The highest BCUT2D eigenvalue weighted by atomic mass is 35.5. The summed E-state index contributed by atoms with van der Waals surface area (Å²) < 4.78 is 6.80. The Morgan fingerprint density at radius 3 is 2.62 bits per heavy atom. The molecule has 0 N–H and O–H groups in total. The highest BCUT2D eigenvalue weighted by Crippen LogP contribution is 2.35. The van der Waals surface area contributed by atoms with Gasteiger partial charge in [-0.1, -0.05) is 0 Å². The quantitative estimate of drug-likeness (QED) is 0.524. The average molecular weight is 319 g/mol. The van der Waals surface area contributed by atoms with E-state index in [1.165, 1.54) is 11.3 Å². The van der Waals surface area contributed by atoms with Crippen molar-refractivity contribution < 1.29 is 9.53 Å². The van der Waals surface area contributed by atoms with Crippen LogP contribution in [-0.4, -0.2) is 16.3 Å². The number of halogens is 1. The monoisotopic (exact) mass is 318 g/mol. The molecule has 1 aromatic carbocycles. The van der Waals surface area contributed by atoms with Gasteiger partial charge in [0.15, 0.2) is 0 Å². The number of benzene rings is 1. The third-order valence-electron chi connectivity index (χ3n) is 3.06. The highest BCUT2D eigenvalue weighted by molar-refractivity contribution is 7.17. The van der Waals surface area contributed by atoms with Gasteiger partial charge in [-0.15, -0.1) is 11.3 Å². The molecular weight excluding hydrogens is 308 g/mol. The second-order valence-electron chi connectivity index (χ2n) is 4.64. The zero-order valence-electron chi connectivity index (χ0n) is 11.4. The number of carbonyl (C=O) groups excluding carboxylic acids is 1. The van der Waals surface area contributed by atoms with Gasteiger partial charge in [-0.3, -0.25) is 4.79 Å². The predicted octanol–water partition coefficient (Wildman–Crippen LogP) is 4.57. The van der Waals surface area contributed by atoms with E-state index in [0.717, 1.165) is 27.6 Å². The fourth-order valence-electron chi connectivity index (χ4n) is 2.19. The molecule has 0 aliphatic heterocycles. The molecule has 0 bridgehead atoms. The van der Waals surface area contributed by atoms with Crippen molar-refractivity contribution in [2.45, 2.75) is 13.8 Å². The Hall–Kier alpha value is -1.98. The van der Waals surface area contributed by atoms with E-state index in [1.807, 2.05) is 25.3 Å². The lowest BCUT2D eigenvalue weighted by atomic mass is 10.1. The molecule has 6 heteroatoms. The Bertz CT molecular complexity index is 822. The van der Waals surface area contributed by atoms with E-state index in [0.29, 0.717) is 17.2 Å². The van der Waals surface area contributed by atoms with Crippen LogP contribution in [0, 0.1) is 13.8 Å². The maximum Gasteiger partial charge on any atom is 0.241 e. The minimum atomic E-state index is 0.149. The third-order valence-corrected chi connectivity index (χ3v) is 4.12. The van der Waals surface area contributed by atoms with E-state index in [-0.39, 0.29) is 5.28 Å². The maximum absolute atomic E-state index is 10.9. The Balaban J connectivity index is 2.10. The molecule has 4 nitrogen and oxygen atoms in total. The summed E-state index contributed by atoms with van der Waals surface area (Å²) in [4.78, 5) is 19.2. The first-order valence-corrected chi connectivity index (χ1v) is 7.49. The zero-order chi connectivity index (χ0) is 15.0. The van der Waals surface area contributed by atoms with Crippen LogP contribution in [0.3, 0.4) is 0 Å². The van der Waals surface area contributed by atoms with Crippen LogP contribution in [0.25, 0.3) is 10.2 Å². The van der Waals surface area contributed by atoms with Crippen molar-refractivity contribution in [2.24, 2.45) is 0 Å². The van der Waals surface area contributed by atoms with Gasteiger partial charge in [-0.2, -0.15) is 4.98 Å². The molecule has 21 heavy (non-hydrogen) atoms. The van der Waals surface area contributed by atoms with Crippen LogP contribution in [-0.2, 0) is 0 Å². The van der Waals surface area contributed by atoms with Crippen molar-refractivity contribution in [2.75, 3.05) is 0 Å². The molecule has 0 spiro atoms. The number of hydrogen-bond acceptors (Lipinski definition) is 5. The molecule has 0 aliphatic carbocycles. The summed E-state index contributed by atoms with van der Waals surface area (Å²) in [5, 5.41) is 2.06. The highest BCUT2D eigenvalue weighted by Gasteiger charge is 2.13. The number of carbonyl (C=O) groups is 1. The fraction of sp³-hybridized carbons (Fsp3) is 0.133. The second-order valence-corrected chi connectivity index (χ2v) is 5.89. The minimum Gasteiger partial charge on any atom is -0.437 e. The van der Waals surface area contributed by atoms with Gasteiger partial charge in [-0.05, 0) is 60.2 Å². The summed E-state index contributed by atoms with van der Waals surface area (Å²) in [6.45, 7) is 3.79. The molecule has 3 rings (SSSR count). The number of aldehydes is 1. The maximum atomic E-state index is 10.9. The van der Waals surface area contributed by atoms with Gasteiger partial charge in [0.1, 0.15) is 16.7 Å². The molecule has 106 valence electrons. The molecule has 0 unspecified atom stereocenters. The van der Waals surface area contributed by atoms with Gasteiger partial charge in [0, 0.05) is 5.56 Å². The standard InChI is InChI=1S/C15H11ClN2O2S/c1-8-5-10(7-19)6-9(2)12(8)20-14-13-11(3-4-21-13)17-15(16)18-14/h3-7H,1-2H3. The van der Waals surface area contributed by atoms with E-state index in [1.54, 1.807) is 12.1 Å². The molecule has 0 radical (unpaired) electrons. The molecular formula is C15H11ClN2O2S. The third kappa shape index (κ3) is 2.62. The molecule has 0 amide bonds. The first kappa shape index (κ1) is 14.0. The average Bonchev–Trinajstić information content (AvgIpc) is 2.90. The van der Waals surface area contributed by atoms with Gasteiger partial charge in [0.25, 0.3) is 0 Å². The Morgan fingerprint density at radius 2 is 1.95 bits per heavy atom. The summed E-state index contributed by atoms with van der Waals surface area (Å²) in [5.41, 5.74) is 3.13. The first-order valence-electron chi connectivity index (χ1n) is 6.23. The van der Waals surface area contributed by atoms with Gasteiger partial charge in [0.2, 0.25) is 11.2 Å². The molecule has 0 saturated heterocycles. The van der Waals surface area contributed by atoms with Crippen molar-refractivity contribution in [1.29, 1.82) is 0 Å². The fourth-order valence-corrected chi connectivity index (χ4v) is 3.11. The van der Waals surface area contributed by atoms with Gasteiger partial charge in [-0.25, -0.2) is 4.98 Å². The van der Waals surface area contributed by atoms with Crippen molar-refractivity contribution in [3.63, 3.8) is 0 Å². The van der Waals surface area contributed by atoms with E-state index in [4.69, 9.17) is 16.3 Å². The normalized spacial score (nSPS) is 10.8. The van der Waals surface area contributed by atoms with E-state index >= 15 is 0 Å². The molecule has 3 aromatic rings. The van der Waals surface area contributed by atoms with Crippen LogP contribution in [0.5, 0.6) is 11.6 Å². The molecule has 0 atom stereocenters. The number of rotatable bonds is 3. The summed E-state index contributed by atoms with van der Waals surface area (Å²) in [6.07, 6.45) is 0.822. The molecule has 2 aromatic heterocycles. The summed E-state index contributed by atoms with van der Waals surface area (Å²) in [5.74, 6) is 1.12. The van der Waals surface area contributed by atoms with Crippen LogP contribution >= 0.6 is 22.9 Å². The van der Waals surface area contributed by atoms with Crippen LogP contribution in [0.2, 0.25) is 5.28 Å². The Labute approximate surface area is 130 Å². The van der Waals surface area contributed by atoms with Gasteiger partial charge in [0.05, 0.1) is 5.52 Å². The molecule has 0 fully saturated rings. The van der Waals surface area contributed by atoms with Crippen LogP contribution in [0.15, 0.2) is 23.6 Å². The van der Waals surface area contributed by atoms with Crippen molar-refractivity contribution in [1.82, 2.24) is 9.97 Å². The zero-order valence-corrected chi connectivity index (χ0v) is 13.0. The van der Waals surface area contributed by atoms with Crippen LogP contribution < -0.4 is 4.74 Å². The lowest BCUT2D eigenvalue weighted by Crippen LogP contribution is -1.96. The lowest BCUT2D eigenvalue weighted by molar-refractivity contribution is 0.112. The first-order chi connectivity index (χ1) is 10.1. The SMILES string of the molecule is Cc1cc(C=O)cc(C)c1Oc1nc(Cl)nc2ccsc12. The smallest absolute Gasteiger partial charge is 0.241 e. The van der Waals surface area contributed by atoms with Crippen molar-refractivity contribution >= 4 is 39.4 Å². The predicted molar refractivity (Wildman–Crippen MR) is 83.8 cm³/mol. The number of fused-ring (bicyclic) bond motifs is 1.